The highest BCUT2D eigenvalue weighted by molar-refractivity contribution is 7.90. The van der Waals surface area contributed by atoms with Crippen molar-refractivity contribution in [3.63, 3.8) is 0 Å². The van der Waals surface area contributed by atoms with E-state index in [4.69, 9.17) is 4.74 Å². The van der Waals surface area contributed by atoms with Crippen LogP contribution in [-0.4, -0.2) is 30.5 Å². The smallest absolute Gasteiger partial charge is 0.271 e. The number of nitro benzene ring substituents is 1. The molecule has 2 aromatic carbocycles. The maximum absolute atomic E-state index is 12.6. The number of carbonyl (C=O) groups excluding carboxylic acids is 1. The molecule has 0 atom stereocenters. The van der Waals surface area contributed by atoms with Crippen LogP contribution in [0.1, 0.15) is 15.9 Å². The number of sulfone groups is 1. The van der Waals surface area contributed by atoms with Crippen LogP contribution < -0.4 is 10.1 Å². The van der Waals surface area contributed by atoms with Crippen LogP contribution in [0.2, 0.25) is 0 Å². The molecule has 0 radical (unpaired) electrons. The standard InChI is InChI=1S/C20H17N3O6S/c1-13-8-15(5-6-19(13)29-17-4-3-7-21-12-17)22-20(24)14-9-16(23(25)26)11-18(10-14)30(2,27)28/h3-12H,1-2H3,(H,22,24). The zero-order valence-electron chi connectivity index (χ0n) is 16.0. The van der Waals surface area contributed by atoms with Gasteiger partial charge in [-0.2, -0.15) is 0 Å². The zero-order chi connectivity index (χ0) is 21.9. The van der Waals surface area contributed by atoms with Gasteiger partial charge in [-0.05, 0) is 48.9 Å². The number of non-ortho nitro benzene ring substituents is 1. The Hall–Kier alpha value is -3.79. The van der Waals surface area contributed by atoms with Crippen molar-refractivity contribution in [1.29, 1.82) is 0 Å². The molecule has 0 saturated heterocycles. The number of pyridine rings is 1. The first kappa shape index (κ1) is 20.9. The van der Waals surface area contributed by atoms with E-state index >= 15 is 0 Å². The molecule has 154 valence electrons. The highest BCUT2D eigenvalue weighted by Gasteiger charge is 2.19. The van der Waals surface area contributed by atoms with Gasteiger partial charge in [-0.25, -0.2) is 8.42 Å². The van der Waals surface area contributed by atoms with Gasteiger partial charge < -0.3 is 10.1 Å². The number of hydrogen-bond acceptors (Lipinski definition) is 7. The summed E-state index contributed by atoms with van der Waals surface area (Å²) >= 11 is 0. The molecule has 1 amide bonds. The summed E-state index contributed by atoms with van der Waals surface area (Å²) in [5, 5.41) is 13.7. The molecule has 0 unspecified atom stereocenters. The van der Waals surface area contributed by atoms with Gasteiger partial charge in [-0.15, -0.1) is 0 Å². The van der Waals surface area contributed by atoms with Gasteiger partial charge >= 0.3 is 0 Å². The van der Waals surface area contributed by atoms with E-state index in [-0.39, 0.29) is 10.5 Å². The van der Waals surface area contributed by atoms with Crippen molar-refractivity contribution < 1.29 is 22.9 Å². The molecular formula is C20H17N3O6S. The third-order valence-electron chi connectivity index (χ3n) is 4.09. The third-order valence-corrected chi connectivity index (χ3v) is 5.18. The first-order valence-electron chi connectivity index (χ1n) is 8.63. The molecule has 0 aliphatic rings. The Morgan fingerprint density at radius 1 is 1.17 bits per heavy atom. The number of nitrogens with one attached hydrogen (secondary N) is 1. The summed E-state index contributed by atoms with van der Waals surface area (Å²) in [6, 6.07) is 11.5. The quantitative estimate of drug-likeness (QED) is 0.468. The van der Waals surface area contributed by atoms with Gasteiger partial charge in [0, 0.05) is 35.8 Å². The van der Waals surface area contributed by atoms with Crippen molar-refractivity contribution in [3.05, 3.63) is 82.2 Å². The lowest BCUT2D eigenvalue weighted by molar-refractivity contribution is -0.385. The van der Waals surface area contributed by atoms with Crippen LogP contribution in [0.3, 0.4) is 0 Å². The van der Waals surface area contributed by atoms with E-state index in [1.165, 1.54) is 0 Å². The molecule has 0 fully saturated rings. The number of rotatable bonds is 6. The Morgan fingerprint density at radius 2 is 1.93 bits per heavy atom. The number of nitrogens with zero attached hydrogens (tertiary/aromatic N) is 2. The highest BCUT2D eigenvalue weighted by Crippen LogP contribution is 2.27. The molecule has 0 aliphatic heterocycles. The fourth-order valence-electron chi connectivity index (χ4n) is 2.61. The molecule has 0 spiro atoms. The number of nitro groups is 1. The van der Waals surface area contributed by atoms with Crippen molar-refractivity contribution in [3.8, 4) is 11.5 Å². The van der Waals surface area contributed by atoms with E-state index < -0.39 is 26.4 Å². The monoisotopic (exact) mass is 427 g/mol. The van der Waals surface area contributed by atoms with Crippen LogP contribution >= 0.6 is 0 Å². The van der Waals surface area contributed by atoms with Crippen molar-refractivity contribution >= 4 is 27.1 Å². The summed E-state index contributed by atoms with van der Waals surface area (Å²) in [6.45, 7) is 1.79. The first-order valence-corrected chi connectivity index (χ1v) is 10.5. The minimum atomic E-state index is -3.74. The second-order valence-electron chi connectivity index (χ2n) is 6.47. The number of ether oxygens (including phenoxy) is 1. The van der Waals surface area contributed by atoms with Crippen LogP contribution in [0.25, 0.3) is 0 Å². The first-order chi connectivity index (χ1) is 14.1. The van der Waals surface area contributed by atoms with E-state index in [0.29, 0.717) is 17.2 Å². The average Bonchev–Trinajstić information content (AvgIpc) is 2.70. The maximum atomic E-state index is 12.6. The molecule has 10 heteroatoms. The Balaban J connectivity index is 1.84. The second kappa shape index (κ2) is 8.29. The Bertz CT molecular complexity index is 1230. The number of benzene rings is 2. The molecule has 3 rings (SSSR count). The van der Waals surface area contributed by atoms with E-state index in [2.05, 4.69) is 10.3 Å². The molecule has 0 saturated carbocycles. The largest absolute Gasteiger partial charge is 0.455 e. The lowest BCUT2D eigenvalue weighted by Gasteiger charge is -2.11. The number of hydrogen-bond donors (Lipinski definition) is 1. The van der Waals surface area contributed by atoms with Gasteiger partial charge in [-0.1, -0.05) is 0 Å². The minimum absolute atomic E-state index is 0.141. The lowest BCUT2D eigenvalue weighted by atomic mass is 10.1. The van der Waals surface area contributed by atoms with Crippen molar-refractivity contribution in [2.75, 3.05) is 11.6 Å². The van der Waals surface area contributed by atoms with Gasteiger partial charge in [0.2, 0.25) is 0 Å². The van der Waals surface area contributed by atoms with Gasteiger partial charge in [0.05, 0.1) is 16.0 Å². The number of aromatic nitrogens is 1. The summed E-state index contributed by atoms with van der Waals surface area (Å²) in [5.41, 5.74) is 0.522. The predicted octanol–water partition coefficient (Wildman–Crippen LogP) is 3.75. The minimum Gasteiger partial charge on any atom is -0.455 e. The summed E-state index contributed by atoms with van der Waals surface area (Å²) < 4.78 is 29.3. The van der Waals surface area contributed by atoms with E-state index in [9.17, 15) is 23.3 Å². The Labute approximate surface area is 172 Å². The maximum Gasteiger partial charge on any atom is 0.271 e. The lowest BCUT2D eigenvalue weighted by Crippen LogP contribution is -2.13. The number of anilines is 1. The number of amides is 1. The predicted molar refractivity (Wildman–Crippen MR) is 110 cm³/mol. The number of aryl methyl sites for hydroxylation is 1. The third kappa shape index (κ3) is 4.97. The molecule has 3 aromatic rings. The summed E-state index contributed by atoms with van der Waals surface area (Å²) in [4.78, 5) is 26.6. The molecule has 9 nitrogen and oxygen atoms in total. The van der Waals surface area contributed by atoms with Crippen molar-refractivity contribution in [1.82, 2.24) is 4.98 Å². The Morgan fingerprint density at radius 3 is 2.53 bits per heavy atom. The van der Waals surface area contributed by atoms with E-state index in [1.54, 1.807) is 49.6 Å². The fourth-order valence-corrected chi connectivity index (χ4v) is 3.29. The zero-order valence-corrected chi connectivity index (χ0v) is 16.8. The van der Waals surface area contributed by atoms with Crippen LogP contribution in [0.4, 0.5) is 11.4 Å². The van der Waals surface area contributed by atoms with Gasteiger partial charge in [0.1, 0.15) is 11.5 Å². The molecule has 0 aliphatic carbocycles. The van der Waals surface area contributed by atoms with Gasteiger partial charge in [-0.3, -0.25) is 19.9 Å². The van der Waals surface area contributed by atoms with E-state index in [0.717, 1.165) is 30.0 Å². The SMILES string of the molecule is Cc1cc(NC(=O)c2cc([N+](=O)[O-])cc(S(C)(=O)=O)c2)ccc1Oc1cccnc1. The molecule has 0 bridgehead atoms. The van der Waals surface area contributed by atoms with Crippen molar-refractivity contribution in [2.24, 2.45) is 0 Å². The molecule has 1 N–H and O–H groups in total. The van der Waals surface area contributed by atoms with E-state index in [1.807, 2.05) is 0 Å². The molecule has 1 heterocycles. The van der Waals surface area contributed by atoms with Crippen LogP contribution in [0.5, 0.6) is 11.5 Å². The van der Waals surface area contributed by atoms with Crippen molar-refractivity contribution in [2.45, 2.75) is 11.8 Å². The normalized spacial score (nSPS) is 11.0. The fraction of sp³-hybridized carbons (Fsp3) is 0.100. The van der Waals surface area contributed by atoms with Gasteiger partial charge in [0.15, 0.2) is 9.84 Å². The summed E-state index contributed by atoms with van der Waals surface area (Å²) in [7, 11) is -3.74. The summed E-state index contributed by atoms with van der Waals surface area (Å²) in [5.74, 6) is 0.446. The van der Waals surface area contributed by atoms with Crippen LogP contribution in [0, 0.1) is 17.0 Å². The molecule has 30 heavy (non-hydrogen) atoms. The van der Waals surface area contributed by atoms with Gasteiger partial charge in [0.25, 0.3) is 11.6 Å². The second-order valence-corrected chi connectivity index (χ2v) is 8.49. The Kier molecular flexibility index (Phi) is 5.79. The average molecular weight is 427 g/mol. The molecular weight excluding hydrogens is 410 g/mol. The highest BCUT2D eigenvalue weighted by atomic mass is 32.2. The van der Waals surface area contributed by atoms with Crippen LogP contribution in [-0.2, 0) is 9.84 Å². The summed E-state index contributed by atoms with van der Waals surface area (Å²) in [6.07, 6.45) is 4.11. The van der Waals surface area contributed by atoms with Crippen LogP contribution in [0.15, 0.2) is 65.8 Å². The molecule has 1 aromatic heterocycles. The topological polar surface area (TPSA) is 128 Å². The number of carbonyl (C=O) groups is 1.